The number of cyclic esters (lactones) is 1. The second-order valence-corrected chi connectivity index (χ2v) is 4.90. The topological polar surface area (TPSA) is 44.8 Å². The Kier molecular flexibility index (Phi) is 2.86. The SMILES string of the molecule is COc1ccc2c(c1)C[C@H]1COC(=O)C[C@H]1CO2. The molecule has 2 aliphatic heterocycles. The van der Waals surface area contributed by atoms with Crippen molar-refractivity contribution < 1.29 is 19.0 Å². The van der Waals surface area contributed by atoms with Crippen LogP contribution in [0.1, 0.15) is 12.0 Å². The Morgan fingerprint density at radius 3 is 2.78 bits per heavy atom. The molecule has 0 aliphatic carbocycles. The molecule has 2 aliphatic rings. The predicted octanol–water partition coefficient (Wildman–Crippen LogP) is 1.81. The highest BCUT2D eigenvalue weighted by atomic mass is 16.5. The number of hydrogen-bond acceptors (Lipinski definition) is 4. The van der Waals surface area contributed by atoms with Gasteiger partial charge in [0.2, 0.25) is 0 Å². The van der Waals surface area contributed by atoms with Crippen molar-refractivity contribution in [2.75, 3.05) is 20.3 Å². The number of ether oxygens (including phenoxy) is 3. The van der Waals surface area contributed by atoms with Gasteiger partial charge in [0.1, 0.15) is 11.5 Å². The second-order valence-electron chi connectivity index (χ2n) is 4.90. The van der Waals surface area contributed by atoms with Gasteiger partial charge in [0, 0.05) is 11.8 Å². The molecule has 1 fully saturated rings. The summed E-state index contributed by atoms with van der Waals surface area (Å²) in [4.78, 5) is 11.3. The first-order valence-electron chi connectivity index (χ1n) is 6.21. The molecule has 2 heterocycles. The van der Waals surface area contributed by atoms with Crippen LogP contribution >= 0.6 is 0 Å². The molecular weight excluding hydrogens is 232 g/mol. The smallest absolute Gasteiger partial charge is 0.306 e. The highest BCUT2D eigenvalue weighted by molar-refractivity contribution is 5.70. The molecule has 4 nitrogen and oxygen atoms in total. The number of hydrogen-bond donors (Lipinski definition) is 0. The lowest BCUT2D eigenvalue weighted by molar-refractivity contribution is -0.153. The van der Waals surface area contributed by atoms with Crippen LogP contribution < -0.4 is 9.47 Å². The molecule has 1 aromatic carbocycles. The Morgan fingerprint density at radius 2 is 1.94 bits per heavy atom. The molecule has 1 saturated heterocycles. The third kappa shape index (κ3) is 2.03. The van der Waals surface area contributed by atoms with Gasteiger partial charge in [-0.2, -0.15) is 0 Å². The molecule has 3 rings (SSSR count). The number of fused-ring (bicyclic) bond motifs is 2. The zero-order valence-corrected chi connectivity index (χ0v) is 10.3. The maximum atomic E-state index is 11.3. The van der Waals surface area contributed by atoms with Gasteiger partial charge >= 0.3 is 5.97 Å². The van der Waals surface area contributed by atoms with Crippen molar-refractivity contribution in [3.05, 3.63) is 23.8 Å². The third-order valence-electron chi connectivity index (χ3n) is 3.76. The Morgan fingerprint density at radius 1 is 1.17 bits per heavy atom. The minimum atomic E-state index is -0.108. The Balaban J connectivity index is 1.87. The average molecular weight is 248 g/mol. The van der Waals surface area contributed by atoms with Crippen molar-refractivity contribution in [3.63, 3.8) is 0 Å². The van der Waals surface area contributed by atoms with E-state index in [0.717, 1.165) is 23.5 Å². The molecule has 1 aromatic rings. The zero-order chi connectivity index (χ0) is 12.5. The van der Waals surface area contributed by atoms with E-state index in [-0.39, 0.29) is 11.9 Å². The summed E-state index contributed by atoms with van der Waals surface area (Å²) in [5.74, 6) is 2.25. The lowest BCUT2D eigenvalue weighted by Crippen LogP contribution is -2.34. The van der Waals surface area contributed by atoms with Gasteiger partial charge in [-0.15, -0.1) is 0 Å². The van der Waals surface area contributed by atoms with E-state index in [9.17, 15) is 4.79 Å². The molecule has 4 heteroatoms. The van der Waals surface area contributed by atoms with Gasteiger partial charge < -0.3 is 14.2 Å². The molecular formula is C14H16O4. The Labute approximate surface area is 106 Å². The molecule has 2 atom stereocenters. The van der Waals surface area contributed by atoms with E-state index in [4.69, 9.17) is 14.2 Å². The molecule has 0 N–H and O–H groups in total. The average Bonchev–Trinajstić information content (AvgIpc) is 2.56. The van der Waals surface area contributed by atoms with E-state index in [1.807, 2.05) is 18.2 Å². The van der Waals surface area contributed by atoms with Gasteiger partial charge in [-0.05, 0) is 30.2 Å². The van der Waals surface area contributed by atoms with Crippen LogP contribution in [0.4, 0.5) is 0 Å². The third-order valence-corrected chi connectivity index (χ3v) is 3.76. The van der Waals surface area contributed by atoms with Crippen LogP contribution in [0.15, 0.2) is 18.2 Å². The molecule has 0 radical (unpaired) electrons. The lowest BCUT2D eigenvalue weighted by atomic mass is 9.85. The number of carbonyl (C=O) groups is 1. The number of methoxy groups -OCH3 is 1. The highest BCUT2D eigenvalue weighted by Crippen LogP contribution is 2.35. The van der Waals surface area contributed by atoms with Gasteiger partial charge in [-0.1, -0.05) is 0 Å². The molecule has 0 aromatic heterocycles. The minimum absolute atomic E-state index is 0.108. The van der Waals surface area contributed by atoms with Crippen LogP contribution in [0, 0.1) is 11.8 Å². The van der Waals surface area contributed by atoms with Crippen molar-refractivity contribution in [1.29, 1.82) is 0 Å². The van der Waals surface area contributed by atoms with E-state index in [0.29, 0.717) is 25.6 Å². The number of benzene rings is 1. The van der Waals surface area contributed by atoms with Crippen molar-refractivity contribution in [2.45, 2.75) is 12.8 Å². The number of esters is 1. The standard InChI is InChI=1S/C14H16O4/c1-16-12-2-3-13-9(5-12)4-10-8-18-14(15)6-11(10)7-17-13/h2-3,5,10-11H,4,6-8H2,1H3/t10-,11-/m0/s1. The fraction of sp³-hybridized carbons (Fsp3) is 0.500. The summed E-state index contributed by atoms with van der Waals surface area (Å²) >= 11 is 0. The Hall–Kier alpha value is -1.71. The molecule has 96 valence electrons. The molecule has 18 heavy (non-hydrogen) atoms. The van der Waals surface area contributed by atoms with Crippen LogP contribution in [-0.4, -0.2) is 26.3 Å². The fourth-order valence-electron chi connectivity index (χ4n) is 2.66. The maximum absolute atomic E-state index is 11.3. The summed E-state index contributed by atoms with van der Waals surface area (Å²) in [5, 5.41) is 0. The van der Waals surface area contributed by atoms with Crippen LogP contribution in [0.3, 0.4) is 0 Å². The largest absolute Gasteiger partial charge is 0.497 e. The molecule has 0 saturated carbocycles. The number of rotatable bonds is 1. The molecule has 0 amide bonds. The van der Waals surface area contributed by atoms with E-state index < -0.39 is 0 Å². The van der Waals surface area contributed by atoms with Gasteiger partial charge in [-0.25, -0.2) is 0 Å². The fourth-order valence-corrected chi connectivity index (χ4v) is 2.66. The van der Waals surface area contributed by atoms with Crippen LogP contribution in [0.5, 0.6) is 11.5 Å². The maximum Gasteiger partial charge on any atom is 0.306 e. The van der Waals surface area contributed by atoms with Crippen molar-refractivity contribution >= 4 is 5.97 Å². The second kappa shape index (κ2) is 4.52. The van der Waals surface area contributed by atoms with Crippen molar-refractivity contribution in [1.82, 2.24) is 0 Å². The quantitative estimate of drug-likeness (QED) is 0.711. The van der Waals surface area contributed by atoms with Crippen LogP contribution in [0.25, 0.3) is 0 Å². The number of carbonyl (C=O) groups excluding carboxylic acids is 1. The highest BCUT2D eigenvalue weighted by Gasteiger charge is 2.34. The zero-order valence-electron chi connectivity index (χ0n) is 10.3. The molecule has 0 bridgehead atoms. The summed E-state index contributed by atoms with van der Waals surface area (Å²) in [6.45, 7) is 1.10. The summed E-state index contributed by atoms with van der Waals surface area (Å²) in [7, 11) is 1.66. The van der Waals surface area contributed by atoms with Crippen molar-refractivity contribution in [3.8, 4) is 11.5 Å². The van der Waals surface area contributed by atoms with Crippen molar-refractivity contribution in [2.24, 2.45) is 11.8 Å². The van der Waals surface area contributed by atoms with Gasteiger partial charge in [0.05, 0.1) is 26.7 Å². The van der Waals surface area contributed by atoms with Crippen LogP contribution in [0.2, 0.25) is 0 Å². The summed E-state index contributed by atoms with van der Waals surface area (Å²) < 4.78 is 16.2. The van der Waals surface area contributed by atoms with Crippen LogP contribution in [-0.2, 0) is 16.0 Å². The van der Waals surface area contributed by atoms with Gasteiger partial charge in [-0.3, -0.25) is 4.79 Å². The molecule has 0 unspecified atom stereocenters. The summed E-state index contributed by atoms with van der Waals surface area (Å²) in [5.41, 5.74) is 1.14. The monoisotopic (exact) mass is 248 g/mol. The van der Waals surface area contributed by atoms with Gasteiger partial charge in [0.15, 0.2) is 0 Å². The van der Waals surface area contributed by atoms with Gasteiger partial charge in [0.25, 0.3) is 0 Å². The summed E-state index contributed by atoms with van der Waals surface area (Å²) in [6, 6.07) is 5.85. The van der Waals surface area contributed by atoms with E-state index >= 15 is 0 Å². The van der Waals surface area contributed by atoms with E-state index in [2.05, 4.69) is 0 Å². The normalized spacial score (nSPS) is 26.2. The Bertz CT molecular complexity index is 469. The lowest BCUT2D eigenvalue weighted by Gasteiger charge is -2.28. The first-order valence-corrected chi connectivity index (χ1v) is 6.21. The first-order chi connectivity index (χ1) is 8.76. The predicted molar refractivity (Wildman–Crippen MR) is 64.7 cm³/mol. The first kappa shape index (κ1) is 11.4. The molecule has 0 spiro atoms. The summed E-state index contributed by atoms with van der Waals surface area (Å²) in [6.07, 6.45) is 1.35. The van der Waals surface area contributed by atoms with E-state index in [1.165, 1.54) is 0 Å². The minimum Gasteiger partial charge on any atom is -0.497 e. The van der Waals surface area contributed by atoms with E-state index in [1.54, 1.807) is 7.11 Å².